The molecular weight excluding hydrogens is 1120 g/mol. The maximum absolute atomic E-state index is 12.2. The third-order valence-electron chi connectivity index (χ3n) is 16.5. The van der Waals surface area contributed by atoms with Crippen molar-refractivity contribution >= 4 is 11.9 Å². The molecule has 2 fully saturated rings. The maximum Gasteiger partial charge on any atom is 0.305 e. The second-order valence-corrected chi connectivity index (χ2v) is 24.1. The van der Waals surface area contributed by atoms with Gasteiger partial charge >= 0.3 is 11.9 Å². The van der Waals surface area contributed by atoms with Gasteiger partial charge in [0.1, 0.15) is 73.2 Å². The molecule has 2 aliphatic rings. The second kappa shape index (κ2) is 49.8. The van der Waals surface area contributed by atoms with Gasteiger partial charge < -0.3 is 111 Å². The highest BCUT2D eigenvalue weighted by atomic mass is 16.7. The molecule has 24 heteroatoms. The SMILES string of the molecule is C[C@H]1O[C@@H](O[C@@H]([C@@H](O)[C@@H](O)CNCCCCCCCCCCCCCCCOC(=O)CCCCCCC(=O)OCCCCCCCCCCCCCCCNC[C@H](O)[C@H](O)[C@H](O[C@@H]2O[C@H](C)[C@H](O)[C@H](O)[C@H]2O)[C@H](O)CO)[C@H](O)CO)[C@H](O)[C@@H](O)[C@H]1O. The van der Waals surface area contributed by atoms with Crippen LogP contribution in [0.5, 0.6) is 0 Å². The van der Waals surface area contributed by atoms with Crippen molar-refractivity contribution < 1.29 is 110 Å². The second-order valence-electron chi connectivity index (χ2n) is 24.1. The molecule has 0 bridgehead atoms. The van der Waals surface area contributed by atoms with Crippen LogP contribution < -0.4 is 10.6 Å². The zero-order chi connectivity index (χ0) is 63.5. The van der Waals surface area contributed by atoms with Crippen LogP contribution >= 0.6 is 0 Å². The van der Waals surface area contributed by atoms with Gasteiger partial charge in [0.15, 0.2) is 12.6 Å². The molecule has 2 heterocycles. The number of aliphatic hydroxyl groups excluding tert-OH is 14. The zero-order valence-electron chi connectivity index (χ0n) is 52.2. The minimum atomic E-state index is -1.68. The third-order valence-corrected chi connectivity index (χ3v) is 16.5. The van der Waals surface area contributed by atoms with E-state index in [2.05, 4.69) is 10.6 Å². The summed E-state index contributed by atoms with van der Waals surface area (Å²) in [5.74, 6) is -0.296. The lowest BCUT2D eigenvalue weighted by Gasteiger charge is -2.41. The first-order chi connectivity index (χ1) is 41.4. The van der Waals surface area contributed by atoms with Crippen LogP contribution in [0.4, 0.5) is 0 Å². The van der Waals surface area contributed by atoms with Gasteiger partial charge in [-0.15, -0.1) is 0 Å². The Morgan fingerprint density at radius 3 is 0.930 bits per heavy atom. The van der Waals surface area contributed by atoms with Crippen molar-refractivity contribution in [2.45, 2.75) is 330 Å². The van der Waals surface area contributed by atoms with Crippen LogP contribution in [0.25, 0.3) is 0 Å². The van der Waals surface area contributed by atoms with E-state index in [4.69, 9.17) is 28.4 Å². The van der Waals surface area contributed by atoms with E-state index in [1.807, 2.05) is 0 Å². The fourth-order valence-electron chi connectivity index (χ4n) is 10.7. The topological polar surface area (TPSA) is 397 Å². The molecule has 2 rings (SSSR count). The fraction of sp³-hybridized carbons (Fsp3) is 0.968. The normalized spacial score (nSPS) is 25.5. The Balaban J connectivity index is 1.28. The molecule has 2 saturated heterocycles. The summed E-state index contributed by atoms with van der Waals surface area (Å²) in [5.41, 5.74) is 0. The molecule has 0 aromatic heterocycles. The summed E-state index contributed by atoms with van der Waals surface area (Å²) in [4.78, 5) is 24.3. The van der Waals surface area contributed by atoms with E-state index in [1.165, 1.54) is 90.9 Å². The molecule has 0 radical (unpaired) electrons. The number of rotatable bonds is 55. The van der Waals surface area contributed by atoms with E-state index in [0.29, 0.717) is 39.1 Å². The quantitative estimate of drug-likeness (QED) is 0.0307. The molecule has 16 N–H and O–H groups in total. The van der Waals surface area contributed by atoms with Gasteiger partial charge in [-0.3, -0.25) is 9.59 Å². The average molecular weight is 1250 g/mol. The summed E-state index contributed by atoms with van der Waals surface area (Å²) in [7, 11) is 0. The van der Waals surface area contributed by atoms with Crippen LogP contribution in [0.2, 0.25) is 0 Å². The summed E-state index contributed by atoms with van der Waals surface area (Å²) in [5, 5.41) is 149. The van der Waals surface area contributed by atoms with E-state index in [9.17, 15) is 81.1 Å². The van der Waals surface area contributed by atoms with Crippen molar-refractivity contribution in [2.24, 2.45) is 0 Å². The Kier molecular flexibility index (Phi) is 46.5. The number of hydrogen-bond donors (Lipinski definition) is 16. The highest BCUT2D eigenvalue weighted by molar-refractivity contribution is 5.69. The number of carbonyl (C=O) groups is 2. The van der Waals surface area contributed by atoms with Gasteiger partial charge in [0.05, 0.1) is 50.8 Å². The Morgan fingerprint density at radius 1 is 0.372 bits per heavy atom. The van der Waals surface area contributed by atoms with E-state index in [1.54, 1.807) is 0 Å². The van der Waals surface area contributed by atoms with Crippen LogP contribution in [0.1, 0.15) is 219 Å². The van der Waals surface area contributed by atoms with Crippen LogP contribution in [0.3, 0.4) is 0 Å². The number of esters is 2. The fourth-order valence-corrected chi connectivity index (χ4v) is 10.7. The molecule has 0 aliphatic carbocycles. The molecule has 0 amide bonds. The van der Waals surface area contributed by atoms with Gasteiger partial charge in [-0.05, 0) is 65.5 Å². The Hall–Kier alpha value is -1.86. The van der Waals surface area contributed by atoms with Crippen molar-refractivity contribution in [3.63, 3.8) is 0 Å². The number of nitrogens with one attached hydrogen (secondary N) is 2. The van der Waals surface area contributed by atoms with E-state index < -0.39 is 123 Å². The average Bonchev–Trinajstić information content (AvgIpc) is 2.76. The largest absolute Gasteiger partial charge is 0.466 e. The lowest BCUT2D eigenvalue weighted by Crippen LogP contribution is -2.60. The highest BCUT2D eigenvalue weighted by Crippen LogP contribution is 2.27. The standard InChI is InChI=1S/C62H120N2O22/c1-43-51(73)55(77)57(79)61(83-43)85-59(47(69)41-65)53(75)45(67)39-63-35-29-23-17-13-9-5-3-7-11-15-19-25-31-37-81-49(71)33-27-21-22-28-34-50(72)82-38-32-26-20-16-12-8-4-6-10-14-18-24-30-36-64-40-46(68)54(76)60(48(70)42-66)86-62-58(80)56(78)52(74)44(2)84-62/h43-48,51-70,73-80H,3-42H2,1-2H3/t43-,44-,45+,46+,47-,48-,51+,52+,53+,54+,55+,56+,57-,58-,59-,60-,61+,62+/m1/s1. The van der Waals surface area contributed by atoms with E-state index in [-0.39, 0.29) is 25.0 Å². The summed E-state index contributed by atoms with van der Waals surface area (Å²) in [6.07, 6.45) is 6.68. The zero-order valence-corrected chi connectivity index (χ0v) is 52.2. The molecule has 0 aromatic rings. The maximum atomic E-state index is 12.2. The van der Waals surface area contributed by atoms with Gasteiger partial charge in [0.2, 0.25) is 0 Å². The van der Waals surface area contributed by atoms with Gasteiger partial charge in [0, 0.05) is 25.9 Å². The Bertz CT molecular complexity index is 1520. The molecule has 510 valence electrons. The summed E-state index contributed by atoms with van der Waals surface area (Å²) >= 11 is 0. The van der Waals surface area contributed by atoms with Gasteiger partial charge in [-0.1, -0.05) is 154 Å². The molecular formula is C62H120N2O22. The van der Waals surface area contributed by atoms with Gasteiger partial charge in [-0.25, -0.2) is 0 Å². The Labute approximate surface area is 512 Å². The molecule has 24 nitrogen and oxygen atoms in total. The smallest absolute Gasteiger partial charge is 0.305 e. The first-order valence-electron chi connectivity index (χ1n) is 33.1. The molecule has 0 spiro atoms. The van der Waals surface area contributed by atoms with Gasteiger partial charge in [-0.2, -0.15) is 0 Å². The van der Waals surface area contributed by atoms with Crippen molar-refractivity contribution in [3.8, 4) is 0 Å². The number of ether oxygens (including phenoxy) is 6. The lowest BCUT2D eigenvalue weighted by molar-refractivity contribution is -0.321. The van der Waals surface area contributed by atoms with Crippen molar-refractivity contribution in [3.05, 3.63) is 0 Å². The molecule has 0 aromatic carbocycles. The summed E-state index contributed by atoms with van der Waals surface area (Å²) in [6.45, 7) is 3.51. The minimum absolute atomic E-state index is 0.00111. The van der Waals surface area contributed by atoms with Crippen LogP contribution in [0.15, 0.2) is 0 Å². The van der Waals surface area contributed by atoms with E-state index >= 15 is 0 Å². The number of aliphatic hydroxyl groups is 14. The highest BCUT2D eigenvalue weighted by Gasteiger charge is 2.47. The van der Waals surface area contributed by atoms with Crippen LogP contribution in [-0.4, -0.2) is 246 Å². The molecule has 2 aliphatic heterocycles. The van der Waals surface area contributed by atoms with Crippen molar-refractivity contribution in [1.29, 1.82) is 0 Å². The summed E-state index contributed by atoms with van der Waals surface area (Å²) < 4.78 is 32.6. The first kappa shape index (κ1) is 80.2. The van der Waals surface area contributed by atoms with Crippen molar-refractivity contribution in [2.75, 3.05) is 52.6 Å². The van der Waals surface area contributed by atoms with Crippen LogP contribution in [-0.2, 0) is 38.0 Å². The van der Waals surface area contributed by atoms with Crippen molar-refractivity contribution in [1.82, 2.24) is 10.6 Å². The van der Waals surface area contributed by atoms with E-state index in [0.717, 1.165) is 116 Å². The number of carbonyl (C=O) groups excluding carboxylic acids is 2. The summed E-state index contributed by atoms with van der Waals surface area (Å²) in [6, 6.07) is 0. The Morgan fingerprint density at radius 2 is 0.640 bits per heavy atom. The molecule has 0 saturated carbocycles. The van der Waals surface area contributed by atoms with Crippen LogP contribution in [0, 0.1) is 0 Å². The monoisotopic (exact) mass is 1240 g/mol. The molecule has 86 heavy (non-hydrogen) atoms. The first-order valence-corrected chi connectivity index (χ1v) is 33.1. The third kappa shape index (κ3) is 34.5. The number of hydrogen-bond acceptors (Lipinski definition) is 24. The van der Waals surface area contributed by atoms with Gasteiger partial charge in [0.25, 0.3) is 0 Å². The molecule has 0 unspecified atom stereocenters. The number of unbranched alkanes of at least 4 members (excludes halogenated alkanes) is 27. The predicted molar refractivity (Wildman–Crippen MR) is 320 cm³/mol. The lowest BCUT2D eigenvalue weighted by atomic mass is 9.99. The minimum Gasteiger partial charge on any atom is -0.466 e. The predicted octanol–water partition coefficient (Wildman–Crippen LogP) is 2.31. The molecule has 18 atom stereocenters.